The van der Waals surface area contributed by atoms with Crippen molar-refractivity contribution in [2.75, 3.05) is 19.8 Å². The molecule has 0 unspecified atom stereocenters. The number of ether oxygens (including phenoxy) is 2. The number of benzene rings is 1. The van der Waals surface area contributed by atoms with Gasteiger partial charge in [-0.3, -0.25) is 0 Å². The van der Waals surface area contributed by atoms with E-state index in [0.717, 1.165) is 49.1 Å². The summed E-state index contributed by atoms with van der Waals surface area (Å²) in [4.78, 5) is 0. The lowest BCUT2D eigenvalue weighted by molar-refractivity contribution is 0.303. The molecule has 1 aliphatic rings. The summed E-state index contributed by atoms with van der Waals surface area (Å²) in [5.41, 5.74) is 1.14. The summed E-state index contributed by atoms with van der Waals surface area (Å²) >= 11 is 0. The van der Waals surface area contributed by atoms with Crippen LogP contribution in [0.5, 0.6) is 11.5 Å². The fraction of sp³-hybridized carbons (Fsp3) is 0.529. The van der Waals surface area contributed by atoms with Gasteiger partial charge in [0.2, 0.25) is 0 Å². The summed E-state index contributed by atoms with van der Waals surface area (Å²) < 4.78 is 11.4. The molecule has 1 fully saturated rings. The van der Waals surface area contributed by atoms with Crippen LogP contribution in [0.3, 0.4) is 0 Å². The maximum absolute atomic E-state index is 5.88. The number of rotatable bonds is 10. The summed E-state index contributed by atoms with van der Waals surface area (Å²) in [6.07, 6.45) is 6.41. The molecular formula is C17H25NO2. The van der Waals surface area contributed by atoms with Crippen molar-refractivity contribution in [1.82, 2.24) is 5.32 Å². The third kappa shape index (κ3) is 4.89. The molecule has 0 atom stereocenters. The lowest BCUT2D eigenvalue weighted by Crippen LogP contribution is -2.19. The average molecular weight is 275 g/mol. The second-order valence-electron chi connectivity index (χ2n) is 5.13. The first kappa shape index (κ1) is 14.9. The van der Waals surface area contributed by atoms with Gasteiger partial charge in [-0.1, -0.05) is 6.08 Å². The van der Waals surface area contributed by atoms with Gasteiger partial charge in [-0.25, -0.2) is 0 Å². The van der Waals surface area contributed by atoms with Gasteiger partial charge in [0.1, 0.15) is 11.5 Å². The van der Waals surface area contributed by atoms with Crippen LogP contribution in [0.4, 0.5) is 0 Å². The van der Waals surface area contributed by atoms with Crippen LogP contribution in [0.2, 0.25) is 0 Å². The third-order valence-electron chi connectivity index (χ3n) is 3.30. The molecule has 1 aromatic carbocycles. The minimum absolute atomic E-state index is 0.681. The van der Waals surface area contributed by atoms with E-state index in [4.69, 9.17) is 9.47 Å². The Morgan fingerprint density at radius 1 is 1.35 bits per heavy atom. The summed E-state index contributed by atoms with van der Waals surface area (Å²) in [6, 6.07) is 6.78. The van der Waals surface area contributed by atoms with Crippen molar-refractivity contribution in [2.24, 2.45) is 0 Å². The van der Waals surface area contributed by atoms with Crippen LogP contribution in [0.15, 0.2) is 30.9 Å². The first-order valence-corrected chi connectivity index (χ1v) is 7.56. The predicted molar refractivity (Wildman–Crippen MR) is 82.6 cm³/mol. The van der Waals surface area contributed by atoms with Gasteiger partial charge < -0.3 is 14.8 Å². The van der Waals surface area contributed by atoms with Crippen molar-refractivity contribution in [3.63, 3.8) is 0 Å². The number of nitrogens with one attached hydrogen (secondary N) is 1. The van der Waals surface area contributed by atoms with E-state index in [1.165, 1.54) is 12.8 Å². The Bertz CT molecular complexity index is 427. The molecule has 110 valence electrons. The number of hydrogen-bond donors (Lipinski definition) is 1. The largest absolute Gasteiger partial charge is 0.494 e. The van der Waals surface area contributed by atoms with Gasteiger partial charge >= 0.3 is 0 Å². The molecular weight excluding hydrogens is 250 g/mol. The SMILES string of the molecule is C=CCc1cc(OCC)ccc1OCCCNC1CC1. The molecule has 0 aliphatic heterocycles. The number of allylic oxidation sites excluding steroid dienone is 1. The molecule has 0 aromatic heterocycles. The maximum atomic E-state index is 5.88. The van der Waals surface area contributed by atoms with Gasteiger partial charge in [0.15, 0.2) is 0 Å². The van der Waals surface area contributed by atoms with Gasteiger partial charge in [0.05, 0.1) is 13.2 Å². The van der Waals surface area contributed by atoms with Gasteiger partial charge in [-0.15, -0.1) is 6.58 Å². The molecule has 0 bridgehead atoms. The zero-order chi connectivity index (χ0) is 14.2. The number of hydrogen-bond acceptors (Lipinski definition) is 3. The Hall–Kier alpha value is -1.48. The van der Waals surface area contributed by atoms with E-state index < -0.39 is 0 Å². The normalized spacial score (nSPS) is 14.1. The Morgan fingerprint density at radius 3 is 2.90 bits per heavy atom. The standard InChI is InChI=1S/C17H25NO2/c1-3-6-14-13-16(19-4-2)9-10-17(14)20-12-5-11-18-15-7-8-15/h3,9-10,13,15,18H,1,4-8,11-12H2,2H3. The third-order valence-corrected chi connectivity index (χ3v) is 3.30. The first-order valence-electron chi connectivity index (χ1n) is 7.56. The van der Waals surface area contributed by atoms with E-state index in [2.05, 4.69) is 11.9 Å². The van der Waals surface area contributed by atoms with E-state index in [9.17, 15) is 0 Å². The quantitative estimate of drug-likeness (QED) is 0.525. The second kappa shape index (κ2) is 7.95. The highest BCUT2D eigenvalue weighted by Gasteiger charge is 2.19. The Labute approximate surface area is 122 Å². The average Bonchev–Trinajstić information content (AvgIpc) is 3.25. The molecule has 1 aromatic rings. The molecule has 0 amide bonds. The smallest absolute Gasteiger partial charge is 0.123 e. The van der Waals surface area contributed by atoms with E-state index in [-0.39, 0.29) is 0 Å². The highest BCUT2D eigenvalue weighted by molar-refractivity contribution is 5.41. The minimum atomic E-state index is 0.681. The maximum Gasteiger partial charge on any atom is 0.123 e. The molecule has 20 heavy (non-hydrogen) atoms. The molecule has 0 radical (unpaired) electrons. The van der Waals surface area contributed by atoms with Crippen LogP contribution in [0.25, 0.3) is 0 Å². The van der Waals surface area contributed by atoms with E-state index in [1.807, 2.05) is 31.2 Å². The van der Waals surface area contributed by atoms with Crippen LogP contribution < -0.4 is 14.8 Å². The molecule has 0 saturated heterocycles. The second-order valence-corrected chi connectivity index (χ2v) is 5.13. The molecule has 1 aliphatic carbocycles. The molecule has 0 heterocycles. The Morgan fingerprint density at radius 2 is 2.20 bits per heavy atom. The van der Waals surface area contributed by atoms with Gasteiger partial charge in [0, 0.05) is 11.6 Å². The van der Waals surface area contributed by atoms with Crippen molar-refractivity contribution in [3.8, 4) is 11.5 Å². The lowest BCUT2D eigenvalue weighted by Gasteiger charge is -2.12. The van der Waals surface area contributed by atoms with Crippen molar-refractivity contribution in [3.05, 3.63) is 36.4 Å². The lowest BCUT2D eigenvalue weighted by atomic mass is 10.1. The zero-order valence-corrected chi connectivity index (χ0v) is 12.4. The predicted octanol–water partition coefficient (Wildman–Crippen LogP) is 3.33. The van der Waals surface area contributed by atoms with Crippen molar-refractivity contribution < 1.29 is 9.47 Å². The highest BCUT2D eigenvalue weighted by Crippen LogP contribution is 2.25. The Balaban J connectivity index is 1.82. The zero-order valence-electron chi connectivity index (χ0n) is 12.4. The monoisotopic (exact) mass is 275 g/mol. The van der Waals surface area contributed by atoms with Crippen LogP contribution in [-0.2, 0) is 6.42 Å². The summed E-state index contributed by atoms with van der Waals surface area (Å²) in [5.74, 6) is 1.84. The fourth-order valence-corrected chi connectivity index (χ4v) is 2.12. The van der Waals surface area contributed by atoms with E-state index in [0.29, 0.717) is 6.61 Å². The molecule has 1 N–H and O–H groups in total. The molecule has 0 spiro atoms. The fourth-order valence-electron chi connectivity index (χ4n) is 2.12. The first-order chi connectivity index (χ1) is 9.83. The van der Waals surface area contributed by atoms with Gasteiger partial charge in [0.25, 0.3) is 0 Å². The molecule has 2 rings (SSSR count). The van der Waals surface area contributed by atoms with E-state index in [1.54, 1.807) is 0 Å². The summed E-state index contributed by atoms with van der Waals surface area (Å²) in [6.45, 7) is 8.26. The Kier molecular flexibility index (Phi) is 5.93. The van der Waals surface area contributed by atoms with Gasteiger partial charge in [-0.05, 0) is 57.4 Å². The van der Waals surface area contributed by atoms with E-state index >= 15 is 0 Å². The topological polar surface area (TPSA) is 30.5 Å². The molecule has 1 saturated carbocycles. The van der Waals surface area contributed by atoms with Gasteiger partial charge in [-0.2, -0.15) is 0 Å². The van der Waals surface area contributed by atoms with Crippen LogP contribution in [0.1, 0.15) is 31.7 Å². The minimum Gasteiger partial charge on any atom is -0.494 e. The highest BCUT2D eigenvalue weighted by atomic mass is 16.5. The summed E-state index contributed by atoms with van der Waals surface area (Å²) in [5, 5.41) is 3.49. The molecule has 3 nitrogen and oxygen atoms in total. The van der Waals surface area contributed by atoms with Crippen LogP contribution in [-0.4, -0.2) is 25.8 Å². The summed E-state index contributed by atoms with van der Waals surface area (Å²) in [7, 11) is 0. The van der Waals surface area contributed by atoms with Crippen LogP contribution in [0, 0.1) is 0 Å². The van der Waals surface area contributed by atoms with Crippen LogP contribution >= 0.6 is 0 Å². The van der Waals surface area contributed by atoms with Crippen molar-refractivity contribution in [2.45, 2.75) is 38.6 Å². The van der Waals surface area contributed by atoms with Crippen molar-refractivity contribution >= 4 is 0 Å². The van der Waals surface area contributed by atoms with Crippen molar-refractivity contribution in [1.29, 1.82) is 0 Å². The molecule has 3 heteroatoms.